The molecule has 4 nitrogen and oxygen atoms in total. The lowest BCUT2D eigenvalue weighted by atomic mass is 10.1. The monoisotopic (exact) mass is 214 g/mol. The Morgan fingerprint density at radius 1 is 1.71 bits per heavy atom. The summed E-state index contributed by atoms with van der Waals surface area (Å²) in [4.78, 5) is 11.4. The Morgan fingerprint density at radius 3 is 2.93 bits per heavy atom. The lowest BCUT2D eigenvalue weighted by Crippen LogP contribution is -2.33. The first-order chi connectivity index (χ1) is 6.61. The molecule has 14 heavy (non-hydrogen) atoms. The number of carbonyl (C=O) groups is 1. The molecular weight excluding hydrogens is 200 g/mol. The van der Waals surface area contributed by atoms with Crippen LogP contribution < -0.4 is 5.32 Å². The van der Waals surface area contributed by atoms with E-state index in [4.69, 9.17) is 0 Å². The molecule has 1 aromatic rings. The highest BCUT2D eigenvalue weighted by molar-refractivity contribution is 7.81. The molecule has 1 heterocycles. The van der Waals surface area contributed by atoms with E-state index in [0.717, 1.165) is 0 Å². The third kappa shape index (κ3) is 3.06. The van der Waals surface area contributed by atoms with Gasteiger partial charge < -0.3 is 9.84 Å². The first kappa shape index (κ1) is 11.1. The molecule has 0 bridgehead atoms. The van der Waals surface area contributed by atoms with Crippen LogP contribution in [-0.4, -0.2) is 16.3 Å². The smallest absolute Gasteiger partial charge is 0.233 e. The molecule has 0 saturated carbocycles. The van der Waals surface area contributed by atoms with E-state index >= 15 is 0 Å². The number of hydrogen-bond donors (Lipinski definition) is 2. The van der Waals surface area contributed by atoms with Crippen LogP contribution in [0, 0.1) is 5.92 Å². The minimum atomic E-state index is -0.276. The molecule has 0 spiro atoms. The van der Waals surface area contributed by atoms with Crippen LogP contribution in [0.4, 0.5) is 0 Å². The van der Waals surface area contributed by atoms with Crippen molar-refractivity contribution in [2.24, 2.45) is 5.92 Å². The zero-order chi connectivity index (χ0) is 10.6. The van der Waals surface area contributed by atoms with E-state index in [1.807, 2.05) is 13.8 Å². The number of thiol groups is 1. The topological polar surface area (TPSA) is 55.1 Å². The van der Waals surface area contributed by atoms with Crippen LogP contribution in [0.2, 0.25) is 0 Å². The normalized spacial score (nSPS) is 12.9. The van der Waals surface area contributed by atoms with Crippen LogP contribution in [0.1, 0.15) is 19.5 Å². The number of hydrogen-bond acceptors (Lipinski definition) is 4. The van der Waals surface area contributed by atoms with E-state index in [2.05, 4.69) is 27.6 Å². The highest BCUT2D eigenvalue weighted by Gasteiger charge is 2.17. The molecule has 1 N–H and O–H groups in total. The van der Waals surface area contributed by atoms with E-state index in [1.165, 1.54) is 6.26 Å². The number of nitrogens with zero attached hydrogens (tertiary/aromatic N) is 1. The summed E-state index contributed by atoms with van der Waals surface area (Å²) in [7, 11) is 0. The average molecular weight is 214 g/mol. The summed E-state index contributed by atoms with van der Waals surface area (Å²) in [6, 6.07) is 1.71. The summed E-state index contributed by atoms with van der Waals surface area (Å²) in [6.07, 6.45) is 1.47. The largest absolute Gasteiger partial charge is 0.364 e. The van der Waals surface area contributed by atoms with Gasteiger partial charge in [0.25, 0.3) is 0 Å². The quantitative estimate of drug-likeness (QED) is 0.742. The van der Waals surface area contributed by atoms with Crippen LogP contribution >= 0.6 is 12.6 Å². The minimum Gasteiger partial charge on any atom is -0.364 e. The van der Waals surface area contributed by atoms with Crippen molar-refractivity contribution in [1.82, 2.24) is 10.5 Å². The highest BCUT2D eigenvalue weighted by atomic mass is 32.1. The molecule has 1 unspecified atom stereocenters. The third-order valence-corrected chi connectivity index (χ3v) is 2.67. The zero-order valence-corrected chi connectivity index (χ0v) is 9.12. The molecule has 0 aliphatic heterocycles. The standard InChI is InChI=1S/C9H14N2O2S/c1-6(2)8(14)9(12)10-5-7-3-4-13-11-7/h3-4,6,8,14H,5H2,1-2H3,(H,10,12). The van der Waals surface area contributed by atoms with Crippen LogP contribution in [0.15, 0.2) is 16.9 Å². The van der Waals surface area contributed by atoms with Crippen LogP contribution in [-0.2, 0) is 11.3 Å². The van der Waals surface area contributed by atoms with E-state index in [0.29, 0.717) is 12.2 Å². The Morgan fingerprint density at radius 2 is 2.43 bits per heavy atom. The maximum atomic E-state index is 11.4. The van der Waals surface area contributed by atoms with E-state index in [-0.39, 0.29) is 17.1 Å². The van der Waals surface area contributed by atoms with Gasteiger partial charge in [0, 0.05) is 6.07 Å². The Kier molecular flexibility index (Phi) is 4.00. The van der Waals surface area contributed by atoms with Crippen LogP contribution in [0.3, 0.4) is 0 Å². The molecular formula is C9H14N2O2S. The lowest BCUT2D eigenvalue weighted by molar-refractivity contribution is -0.121. The predicted molar refractivity (Wildman–Crippen MR) is 56.0 cm³/mol. The molecule has 1 aromatic heterocycles. The van der Waals surface area contributed by atoms with Gasteiger partial charge >= 0.3 is 0 Å². The zero-order valence-electron chi connectivity index (χ0n) is 8.23. The van der Waals surface area contributed by atoms with Gasteiger partial charge in [-0.15, -0.1) is 0 Å². The van der Waals surface area contributed by atoms with Gasteiger partial charge in [-0.05, 0) is 5.92 Å². The van der Waals surface area contributed by atoms with Crippen molar-refractivity contribution in [1.29, 1.82) is 0 Å². The lowest BCUT2D eigenvalue weighted by Gasteiger charge is -2.13. The predicted octanol–water partition coefficient (Wildman–Crippen LogP) is 1.25. The van der Waals surface area contributed by atoms with Gasteiger partial charge in [0.15, 0.2) is 0 Å². The maximum absolute atomic E-state index is 11.4. The van der Waals surface area contributed by atoms with Gasteiger partial charge in [0.2, 0.25) is 5.91 Å². The number of rotatable bonds is 4. The molecule has 0 fully saturated rings. The summed E-state index contributed by atoms with van der Waals surface area (Å²) in [5.74, 6) is 0.141. The third-order valence-electron chi connectivity index (χ3n) is 1.84. The highest BCUT2D eigenvalue weighted by Crippen LogP contribution is 2.08. The van der Waals surface area contributed by atoms with Gasteiger partial charge in [-0.2, -0.15) is 12.6 Å². The molecule has 78 valence electrons. The van der Waals surface area contributed by atoms with Crippen LogP contribution in [0.5, 0.6) is 0 Å². The molecule has 0 aromatic carbocycles. The molecule has 1 amide bonds. The molecule has 0 radical (unpaired) electrons. The van der Waals surface area contributed by atoms with Crippen molar-refractivity contribution in [3.8, 4) is 0 Å². The van der Waals surface area contributed by atoms with Gasteiger partial charge in [-0.1, -0.05) is 19.0 Å². The first-order valence-corrected chi connectivity index (χ1v) is 4.98. The summed E-state index contributed by atoms with van der Waals surface area (Å²) < 4.78 is 4.63. The van der Waals surface area contributed by atoms with Gasteiger partial charge in [-0.25, -0.2) is 0 Å². The fourth-order valence-corrected chi connectivity index (χ4v) is 1.01. The van der Waals surface area contributed by atoms with Crippen molar-refractivity contribution in [2.45, 2.75) is 25.6 Å². The first-order valence-electron chi connectivity index (χ1n) is 4.46. The Hall–Kier alpha value is -0.970. The van der Waals surface area contributed by atoms with Crippen molar-refractivity contribution >= 4 is 18.5 Å². The van der Waals surface area contributed by atoms with Gasteiger partial charge in [-0.3, -0.25) is 4.79 Å². The van der Waals surface area contributed by atoms with Gasteiger partial charge in [0.05, 0.1) is 11.8 Å². The summed E-state index contributed by atoms with van der Waals surface area (Å²) in [5, 5.41) is 6.13. The maximum Gasteiger partial charge on any atom is 0.233 e. The fraction of sp³-hybridized carbons (Fsp3) is 0.556. The molecule has 1 atom stereocenters. The second-order valence-electron chi connectivity index (χ2n) is 3.40. The number of aromatic nitrogens is 1. The van der Waals surface area contributed by atoms with E-state index < -0.39 is 0 Å². The molecule has 1 rings (SSSR count). The van der Waals surface area contributed by atoms with E-state index in [1.54, 1.807) is 6.07 Å². The summed E-state index contributed by atoms with van der Waals surface area (Å²) >= 11 is 4.20. The van der Waals surface area contributed by atoms with Crippen molar-refractivity contribution < 1.29 is 9.32 Å². The molecule has 5 heteroatoms. The van der Waals surface area contributed by atoms with E-state index in [9.17, 15) is 4.79 Å². The molecule has 0 aliphatic carbocycles. The second-order valence-corrected chi connectivity index (χ2v) is 3.95. The Labute approximate surface area is 88.5 Å². The fourth-order valence-electron chi connectivity index (χ4n) is 0.914. The number of carbonyl (C=O) groups excluding carboxylic acids is 1. The van der Waals surface area contributed by atoms with Crippen molar-refractivity contribution in [2.75, 3.05) is 0 Å². The van der Waals surface area contributed by atoms with Crippen molar-refractivity contribution in [3.05, 3.63) is 18.0 Å². The Bertz CT molecular complexity index is 285. The number of amides is 1. The summed E-state index contributed by atoms with van der Waals surface area (Å²) in [5.41, 5.74) is 0.711. The SMILES string of the molecule is CC(C)C(S)C(=O)NCc1ccon1. The summed E-state index contributed by atoms with van der Waals surface area (Å²) in [6.45, 7) is 4.29. The van der Waals surface area contributed by atoms with Gasteiger partial charge in [0.1, 0.15) is 12.0 Å². The van der Waals surface area contributed by atoms with Crippen molar-refractivity contribution in [3.63, 3.8) is 0 Å². The van der Waals surface area contributed by atoms with Crippen LogP contribution in [0.25, 0.3) is 0 Å². The second kappa shape index (κ2) is 5.05. The number of nitrogens with one attached hydrogen (secondary N) is 1. The molecule has 0 aliphatic rings. The molecule has 0 saturated heterocycles. The average Bonchev–Trinajstić information content (AvgIpc) is 2.65. The minimum absolute atomic E-state index is 0.0775. The Balaban J connectivity index is 2.35.